The summed E-state index contributed by atoms with van der Waals surface area (Å²) >= 11 is 9.33. The summed E-state index contributed by atoms with van der Waals surface area (Å²) < 4.78 is 0.888. The number of benzene rings is 2. The summed E-state index contributed by atoms with van der Waals surface area (Å²) in [6, 6.07) is 13.3. The Morgan fingerprint density at radius 1 is 1.11 bits per heavy atom. The van der Waals surface area contributed by atoms with E-state index in [1.807, 2.05) is 43.3 Å². The van der Waals surface area contributed by atoms with E-state index in [1.54, 1.807) is 24.3 Å². The lowest BCUT2D eigenvalue weighted by atomic mass is 9.95. The zero-order valence-corrected chi connectivity index (χ0v) is 17.9. The number of carbonyl (C=O) groups is 2. The van der Waals surface area contributed by atoms with Crippen molar-refractivity contribution in [1.82, 2.24) is 9.80 Å². The standard InChI is InChI=1S/C21H20BrClN2O3/c1-24(2)11-12-25-18(13-3-7-15(22)8-4-13)17(20(27)21(25)28)19(26)14-5-9-16(23)10-6-14/h3-10,18,26H,11-12H2,1-2H3/b19-17-. The number of hydrogen-bond acceptors (Lipinski definition) is 4. The van der Waals surface area contributed by atoms with Crippen LogP contribution in [-0.4, -0.2) is 53.8 Å². The van der Waals surface area contributed by atoms with Gasteiger partial charge in [-0.2, -0.15) is 0 Å². The maximum atomic E-state index is 12.8. The first-order valence-corrected chi connectivity index (χ1v) is 9.91. The second kappa shape index (κ2) is 8.47. The summed E-state index contributed by atoms with van der Waals surface area (Å²) in [6.07, 6.45) is 0. The molecule has 0 aromatic heterocycles. The minimum absolute atomic E-state index is 0.0911. The molecular formula is C21H20BrClN2O3. The van der Waals surface area contributed by atoms with E-state index in [9.17, 15) is 14.7 Å². The second-order valence-corrected chi connectivity index (χ2v) is 8.21. The minimum atomic E-state index is -0.681. The van der Waals surface area contributed by atoms with Gasteiger partial charge in [-0.3, -0.25) is 9.59 Å². The van der Waals surface area contributed by atoms with E-state index in [1.165, 1.54) is 4.90 Å². The van der Waals surface area contributed by atoms with Gasteiger partial charge >= 0.3 is 0 Å². The van der Waals surface area contributed by atoms with Gasteiger partial charge in [0.05, 0.1) is 11.6 Å². The summed E-state index contributed by atoms with van der Waals surface area (Å²) in [6.45, 7) is 0.969. The number of amides is 1. The summed E-state index contributed by atoms with van der Waals surface area (Å²) in [5, 5.41) is 11.4. The Balaban J connectivity index is 2.13. The van der Waals surface area contributed by atoms with Gasteiger partial charge in [0.15, 0.2) is 0 Å². The number of aliphatic hydroxyl groups excluding tert-OH is 1. The monoisotopic (exact) mass is 462 g/mol. The molecule has 1 heterocycles. The molecular weight excluding hydrogens is 444 g/mol. The molecule has 1 atom stereocenters. The van der Waals surface area contributed by atoms with Crippen LogP contribution in [0.4, 0.5) is 0 Å². The van der Waals surface area contributed by atoms with Gasteiger partial charge < -0.3 is 14.9 Å². The van der Waals surface area contributed by atoms with Gasteiger partial charge in [0.1, 0.15) is 5.76 Å². The Kier molecular flexibility index (Phi) is 6.23. The summed E-state index contributed by atoms with van der Waals surface area (Å²) in [5.74, 6) is -1.49. The molecule has 1 fully saturated rings. The highest BCUT2D eigenvalue weighted by Gasteiger charge is 2.45. The van der Waals surface area contributed by atoms with Crippen LogP contribution in [-0.2, 0) is 9.59 Å². The molecule has 146 valence electrons. The van der Waals surface area contributed by atoms with Gasteiger partial charge in [-0.15, -0.1) is 0 Å². The number of Topliss-reactive ketones (excluding diaryl/α,β-unsaturated/α-hetero) is 1. The first-order chi connectivity index (χ1) is 13.3. The van der Waals surface area contributed by atoms with Crippen molar-refractivity contribution in [2.75, 3.05) is 27.2 Å². The van der Waals surface area contributed by atoms with E-state index in [2.05, 4.69) is 15.9 Å². The van der Waals surface area contributed by atoms with Gasteiger partial charge in [-0.1, -0.05) is 39.7 Å². The molecule has 1 aliphatic heterocycles. The number of ketones is 1. The van der Waals surface area contributed by atoms with E-state index in [4.69, 9.17) is 11.6 Å². The van der Waals surface area contributed by atoms with Crippen LogP contribution in [0.1, 0.15) is 17.2 Å². The third-order valence-corrected chi connectivity index (χ3v) is 5.41. The van der Waals surface area contributed by atoms with Crippen molar-refractivity contribution in [3.8, 4) is 0 Å². The third kappa shape index (κ3) is 4.14. The molecule has 0 aliphatic carbocycles. The Bertz CT molecular complexity index is 924. The van der Waals surface area contributed by atoms with Crippen molar-refractivity contribution in [3.63, 3.8) is 0 Å². The van der Waals surface area contributed by atoms with Crippen LogP contribution in [0.2, 0.25) is 5.02 Å². The lowest BCUT2D eigenvalue weighted by Gasteiger charge is -2.26. The van der Waals surface area contributed by atoms with Crippen molar-refractivity contribution in [2.45, 2.75) is 6.04 Å². The van der Waals surface area contributed by atoms with Gasteiger partial charge in [0.25, 0.3) is 11.7 Å². The van der Waals surface area contributed by atoms with E-state index in [-0.39, 0.29) is 11.3 Å². The fourth-order valence-electron chi connectivity index (χ4n) is 3.17. The lowest BCUT2D eigenvalue weighted by Crippen LogP contribution is -2.35. The number of carbonyl (C=O) groups excluding carboxylic acids is 2. The molecule has 2 aromatic carbocycles. The maximum absolute atomic E-state index is 12.8. The normalized spacial score (nSPS) is 18.9. The summed E-state index contributed by atoms with van der Waals surface area (Å²) in [4.78, 5) is 29.0. The first kappa shape index (κ1) is 20.6. The fraction of sp³-hybridized carbons (Fsp3) is 0.238. The molecule has 0 saturated carbocycles. The molecule has 3 rings (SSSR count). The number of likely N-dealkylation sites (N-methyl/N-ethyl adjacent to an activating group) is 1. The molecule has 1 saturated heterocycles. The smallest absolute Gasteiger partial charge is 0.295 e. The van der Waals surface area contributed by atoms with Gasteiger partial charge in [-0.25, -0.2) is 0 Å². The predicted octanol–water partition coefficient (Wildman–Crippen LogP) is 4.09. The van der Waals surface area contributed by atoms with Crippen LogP contribution < -0.4 is 0 Å². The van der Waals surface area contributed by atoms with Crippen molar-refractivity contribution in [3.05, 3.63) is 74.7 Å². The van der Waals surface area contributed by atoms with Gasteiger partial charge in [0, 0.05) is 28.1 Å². The molecule has 1 N–H and O–H groups in total. The highest BCUT2D eigenvalue weighted by Crippen LogP contribution is 2.39. The molecule has 1 aliphatic rings. The Morgan fingerprint density at radius 3 is 2.29 bits per heavy atom. The van der Waals surface area contributed by atoms with E-state index in [0.29, 0.717) is 23.7 Å². The fourth-order valence-corrected chi connectivity index (χ4v) is 3.56. The van der Waals surface area contributed by atoms with Crippen molar-refractivity contribution in [2.24, 2.45) is 0 Å². The van der Waals surface area contributed by atoms with Crippen molar-refractivity contribution >= 4 is 45.0 Å². The zero-order valence-electron chi connectivity index (χ0n) is 15.5. The number of aliphatic hydroxyl groups is 1. The quantitative estimate of drug-likeness (QED) is 0.412. The molecule has 2 aromatic rings. The highest BCUT2D eigenvalue weighted by molar-refractivity contribution is 9.10. The topological polar surface area (TPSA) is 60.9 Å². The highest BCUT2D eigenvalue weighted by atomic mass is 79.9. The maximum Gasteiger partial charge on any atom is 0.295 e. The summed E-state index contributed by atoms with van der Waals surface area (Å²) in [7, 11) is 3.80. The zero-order chi connectivity index (χ0) is 20.4. The molecule has 5 nitrogen and oxygen atoms in total. The van der Waals surface area contributed by atoms with Crippen LogP contribution in [0, 0.1) is 0 Å². The van der Waals surface area contributed by atoms with Crippen LogP contribution >= 0.6 is 27.5 Å². The average Bonchev–Trinajstić information content (AvgIpc) is 2.91. The Morgan fingerprint density at radius 2 is 1.71 bits per heavy atom. The predicted molar refractivity (Wildman–Crippen MR) is 113 cm³/mol. The molecule has 7 heteroatoms. The van der Waals surface area contributed by atoms with E-state index in [0.717, 1.165) is 10.0 Å². The number of nitrogens with zero attached hydrogens (tertiary/aromatic N) is 2. The molecule has 0 spiro atoms. The van der Waals surface area contributed by atoms with Gasteiger partial charge in [-0.05, 0) is 56.1 Å². The molecule has 1 amide bonds. The Labute approximate surface area is 177 Å². The number of halogens is 2. The molecule has 1 unspecified atom stereocenters. The van der Waals surface area contributed by atoms with Crippen molar-refractivity contribution < 1.29 is 14.7 Å². The van der Waals surface area contributed by atoms with Crippen LogP contribution in [0.25, 0.3) is 5.76 Å². The van der Waals surface area contributed by atoms with E-state index >= 15 is 0 Å². The SMILES string of the molecule is CN(C)CCN1C(=O)C(=O)/C(=C(\O)c2ccc(Cl)cc2)C1c1ccc(Br)cc1. The average molecular weight is 464 g/mol. The Hall–Kier alpha value is -2.15. The molecule has 28 heavy (non-hydrogen) atoms. The number of rotatable bonds is 5. The molecule has 0 radical (unpaired) electrons. The molecule has 0 bridgehead atoms. The largest absolute Gasteiger partial charge is 0.507 e. The first-order valence-electron chi connectivity index (χ1n) is 8.74. The van der Waals surface area contributed by atoms with E-state index < -0.39 is 17.7 Å². The summed E-state index contributed by atoms with van der Waals surface area (Å²) in [5.41, 5.74) is 1.29. The van der Waals surface area contributed by atoms with Gasteiger partial charge in [0.2, 0.25) is 0 Å². The van der Waals surface area contributed by atoms with Crippen LogP contribution in [0.15, 0.2) is 58.6 Å². The lowest BCUT2D eigenvalue weighted by molar-refractivity contribution is -0.140. The number of likely N-dealkylation sites (tertiary alicyclic amines) is 1. The second-order valence-electron chi connectivity index (χ2n) is 6.85. The minimum Gasteiger partial charge on any atom is -0.507 e. The van der Waals surface area contributed by atoms with Crippen LogP contribution in [0.3, 0.4) is 0 Å². The third-order valence-electron chi connectivity index (χ3n) is 4.63. The van der Waals surface area contributed by atoms with Crippen molar-refractivity contribution in [1.29, 1.82) is 0 Å². The number of hydrogen-bond donors (Lipinski definition) is 1. The van der Waals surface area contributed by atoms with Crippen LogP contribution in [0.5, 0.6) is 0 Å².